The third-order valence-corrected chi connectivity index (χ3v) is 3.83. The van der Waals surface area contributed by atoms with E-state index in [1.54, 1.807) is 7.11 Å². The van der Waals surface area contributed by atoms with Crippen molar-refractivity contribution in [2.45, 2.75) is 45.1 Å². The van der Waals surface area contributed by atoms with E-state index >= 15 is 0 Å². The van der Waals surface area contributed by atoms with Crippen LogP contribution in [0, 0.1) is 0 Å². The first-order valence-electron chi connectivity index (χ1n) is 6.66. The quantitative estimate of drug-likeness (QED) is 0.862. The van der Waals surface area contributed by atoms with Crippen LogP contribution in [0.4, 0.5) is 0 Å². The molecule has 0 radical (unpaired) electrons. The molecule has 2 atom stereocenters. The number of nitrogens with one attached hydrogen (secondary N) is 1. The van der Waals surface area contributed by atoms with Gasteiger partial charge in [-0.25, -0.2) is 0 Å². The average molecular weight is 233 g/mol. The van der Waals surface area contributed by atoms with Crippen molar-refractivity contribution in [3.63, 3.8) is 0 Å². The largest absolute Gasteiger partial charge is 0.497 e. The highest BCUT2D eigenvalue weighted by Crippen LogP contribution is 2.33. The Balaban J connectivity index is 2.18. The van der Waals surface area contributed by atoms with E-state index in [9.17, 15) is 0 Å². The summed E-state index contributed by atoms with van der Waals surface area (Å²) >= 11 is 0. The van der Waals surface area contributed by atoms with Gasteiger partial charge in [-0.3, -0.25) is 0 Å². The highest BCUT2D eigenvalue weighted by atomic mass is 16.5. The van der Waals surface area contributed by atoms with Gasteiger partial charge >= 0.3 is 0 Å². The van der Waals surface area contributed by atoms with Gasteiger partial charge in [0.1, 0.15) is 5.75 Å². The molecule has 1 N–H and O–H groups in total. The lowest BCUT2D eigenvalue weighted by atomic mass is 9.80. The lowest BCUT2D eigenvalue weighted by Gasteiger charge is -2.32. The van der Waals surface area contributed by atoms with E-state index in [1.807, 2.05) is 0 Å². The zero-order valence-electron chi connectivity index (χ0n) is 11.1. The Morgan fingerprint density at radius 3 is 2.94 bits per heavy atom. The van der Waals surface area contributed by atoms with E-state index < -0.39 is 0 Å². The normalized spacial score (nSPS) is 23.2. The van der Waals surface area contributed by atoms with E-state index in [1.165, 1.54) is 30.4 Å². The van der Waals surface area contributed by atoms with Crippen molar-refractivity contribution in [2.75, 3.05) is 13.7 Å². The predicted molar refractivity (Wildman–Crippen MR) is 71.8 cm³/mol. The Kier molecular flexibility index (Phi) is 4.06. The van der Waals surface area contributed by atoms with Crippen LogP contribution in [0.1, 0.15) is 43.7 Å². The maximum atomic E-state index is 5.32. The summed E-state index contributed by atoms with van der Waals surface area (Å²) in [6, 6.07) is 7.13. The molecule has 0 amide bonds. The topological polar surface area (TPSA) is 21.3 Å². The maximum Gasteiger partial charge on any atom is 0.119 e. The summed E-state index contributed by atoms with van der Waals surface area (Å²) in [6.07, 6.45) is 3.64. The molecule has 1 aromatic rings. The van der Waals surface area contributed by atoms with Crippen LogP contribution in [0.15, 0.2) is 18.2 Å². The van der Waals surface area contributed by atoms with Gasteiger partial charge in [0.05, 0.1) is 7.11 Å². The van der Waals surface area contributed by atoms with Gasteiger partial charge in [0.2, 0.25) is 0 Å². The molecule has 0 saturated heterocycles. The van der Waals surface area contributed by atoms with Gasteiger partial charge in [0.25, 0.3) is 0 Å². The van der Waals surface area contributed by atoms with Gasteiger partial charge in [0.15, 0.2) is 0 Å². The van der Waals surface area contributed by atoms with Crippen molar-refractivity contribution < 1.29 is 4.74 Å². The van der Waals surface area contributed by atoms with Crippen molar-refractivity contribution >= 4 is 0 Å². The van der Waals surface area contributed by atoms with Crippen LogP contribution in [0.25, 0.3) is 0 Å². The standard InChI is InChI=1S/C15H23NO/c1-4-9-16-15-8-6-12-5-7-13(17-3)10-14(12)11(15)2/h5,7,10-11,15-16H,4,6,8-9H2,1-3H3/t11-,15+/m1/s1. The van der Waals surface area contributed by atoms with Gasteiger partial charge in [-0.1, -0.05) is 19.9 Å². The molecule has 0 bridgehead atoms. The van der Waals surface area contributed by atoms with Gasteiger partial charge in [-0.15, -0.1) is 0 Å². The van der Waals surface area contributed by atoms with Crippen LogP contribution >= 0.6 is 0 Å². The molecule has 0 saturated carbocycles. The number of hydrogen-bond donors (Lipinski definition) is 1. The number of methoxy groups -OCH3 is 1. The molecule has 1 aliphatic carbocycles. The summed E-state index contributed by atoms with van der Waals surface area (Å²) < 4.78 is 5.32. The molecule has 94 valence electrons. The van der Waals surface area contributed by atoms with Crippen LogP contribution in [0.3, 0.4) is 0 Å². The molecule has 2 heteroatoms. The predicted octanol–water partition coefficient (Wildman–Crippen LogP) is 3.11. The molecule has 17 heavy (non-hydrogen) atoms. The summed E-state index contributed by atoms with van der Waals surface area (Å²) in [5.74, 6) is 1.56. The van der Waals surface area contributed by atoms with E-state index in [-0.39, 0.29) is 0 Å². The van der Waals surface area contributed by atoms with Crippen molar-refractivity contribution in [1.82, 2.24) is 5.32 Å². The summed E-state index contributed by atoms with van der Waals surface area (Å²) in [7, 11) is 1.74. The molecule has 0 fully saturated rings. The maximum absolute atomic E-state index is 5.32. The lowest BCUT2D eigenvalue weighted by Crippen LogP contribution is -2.37. The third-order valence-electron chi connectivity index (χ3n) is 3.83. The number of hydrogen-bond acceptors (Lipinski definition) is 2. The fraction of sp³-hybridized carbons (Fsp3) is 0.600. The molecule has 0 heterocycles. The van der Waals surface area contributed by atoms with Crippen LogP contribution in [0.2, 0.25) is 0 Å². The molecule has 1 aromatic carbocycles. The second kappa shape index (κ2) is 5.54. The Hall–Kier alpha value is -1.02. The first-order valence-corrected chi connectivity index (χ1v) is 6.66. The van der Waals surface area contributed by atoms with Crippen LogP contribution in [-0.2, 0) is 6.42 Å². The van der Waals surface area contributed by atoms with Crippen molar-refractivity contribution in [3.05, 3.63) is 29.3 Å². The van der Waals surface area contributed by atoms with Gasteiger partial charge in [0, 0.05) is 6.04 Å². The minimum Gasteiger partial charge on any atom is -0.497 e. The Morgan fingerprint density at radius 2 is 2.24 bits per heavy atom. The number of fused-ring (bicyclic) bond motifs is 1. The van der Waals surface area contributed by atoms with Gasteiger partial charge in [-0.2, -0.15) is 0 Å². The van der Waals surface area contributed by atoms with Crippen LogP contribution in [-0.4, -0.2) is 19.7 Å². The zero-order chi connectivity index (χ0) is 12.3. The second-order valence-corrected chi connectivity index (χ2v) is 4.95. The SMILES string of the molecule is CCCN[C@H]1CCc2ccc(OC)cc2[C@H]1C. The summed E-state index contributed by atoms with van der Waals surface area (Å²) in [4.78, 5) is 0. The minimum absolute atomic E-state index is 0.584. The zero-order valence-corrected chi connectivity index (χ0v) is 11.1. The molecule has 0 unspecified atom stereocenters. The lowest BCUT2D eigenvalue weighted by molar-refractivity contribution is 0.394. The van der Waals surface area contributed by atoms with Crippen LogP contribution in [0.5, 0.6) is 5.75 Å². The first kappa shape index (κ1) is 12.4. The Morgan fingerprint density at radius 1 is 1.41 bits per heavy atom. The smallest absolute Gasteiger partial charge is 0.119 e. The fourth-order valence-electron chi connectivity index (χ4n) is 2.74. The van der Waals surface area contributed by atoms with E-state index in [4.69, 9.17) is 4.74 Å². The highest BCUT2D eigenvalue weighted by molar-refractivity contribution is 5.40. The van der Waals surface area contributed by atoms with Crippen LogP contribution < -0.4 is 10.1 Å². The first-order chi connectivity index (χ1) is 8.26. The summed E-state index contributed by atoms with van der Waals surface area (Å²) in [5, 5.41) is 3.66. The van der Waals surface area contributed by atoms with Crippen molar-refractivity contribution in [1.29, 1.82) is 0 Å². The van der Waals surface area contributed by atoms with Gasteiger partial charge in [-0.05, 0) is 55.0 Å². The number of ether oxygens (including phenoxy) is 1. The fourth-order valence-corrected chi connectivity index (χ4v) is 2.74. The average Bonchev–Trinajstić information content (AvgIpc) is 2.38. The van der Waals surface area contributed by atoms with E-state index in [0.717, 1.165) is 12.3 Å². The second-order valence-electron chi connectivity index (χ2n) is 4.95. The molecular formula is C15H23NO. The molecule has 0 aliphatic heterocycles. The molecule has 1 aliphatic rings. The molecule has 0 spiro atoms. The number of aryl methyl sites for hydroxylation is 1. The molecule has 2 nitrogen and oxygen atoms in total. The van der Waals surface area contributed by atoms with Crippen molar-refractivity contribution in [2.24, 2.45) is 0 Å². The monoisotopic (exact) mass is 233 g/mol. The number of benzene rings is 1. The third kappa shape index (κ3) is 2.63. The van der Waals surface area contributed by atoms with Gasteiger partial charge < -0.3 is 10.1 Å². The summed E-state index contributed by atoms with van der Waals surface area (Å²) in [6.45, 7) is 5.66. The van der Waals surface area contributed by atoms with E-state index in [0.29, 0.717) is 12.0 Å². The number of rotatable bonds is 4. The Bertz CT molecular complexity index is 375. The minimum atomic E-state index is 0.584. The molecule has 0 aromatic heterocycles. The molecular weight excluding hydrogens is 210 g/mol. The van der Waals surface area contributed by atoms with E-state index in [2.05, 4.69) is 37.4 Å². The molecule has 2 rings (SSSR count). The summed E-state index contributed by atoms with van der Waals surface area (Å²) in [5.41, 5.74) is 2.96. The highest BCUT2D eigenvalue weighted by Gasteiger charge is 2.25. The Labute approximate surface area is 104 Å². The van der Waals surface area contributed by atoms with Crippen molar-refractivity contribution in [3.8, 4) is 5.75 Å².